The number of carbonyl (C=O) groups is 2. The summed E-state index contributed by atoms with van der Waals surface area (Å²) in [6.07, 6.45) is 6.76. The number of hydrogen-bond donors (Lipinski definition) is 1. The summed E-state index contributed by atoms with van der Waals surface area (Å²) in [5.74, 6) is -0.175. The van der Waals surface area contributed by atoms with Gasteiger partial charge >= 0.3 is 0 Å². The summed E-state index contributed by atoms with van der Waals surface area (Å²) in [7, 11) is 0. The largest absolute Gasteiger partial charge is 0.295 e. The zero-order valence-electron chi connectivity index (χ0n) is 8.51. The van der Waals surface area contributed by atoms with Crippen LogP contribution in [-0.4, -0.2) is 11.8 Å². The molecule has 78 valence electrons. The molecule has 0 spiro atoms. The Labute approximate surface area is 88.2 Å². The number of amides is 2. The highest BCUT2D eigenvalue weighted by molar-refractivity contribution is 6.11. The molecule has 1 saturated carbocycles. The van der Waals surface area contributed by atoms with Crippen molar-refractivity contribution in [2.45, 2.75) is 25.7 Å². The maximum atomic E-state index is 12.0. The van der Waals surface area contributed by atoms with Crippen molar-refractivity contribution < 1.29 is 9.59 Å². The fourth-order valence-electron chi connectivity index (χ4n) is 3.48. The van der Waals surface area contributed by atoms with Crippen molar-refractivity contribution in [3.63, 3.8) is 0 Å². The Morgan fingerprint density at radius 1 is 1.07 bits per heavy atom. The fourth-order valence-corrected chi connectivity index (χ4v) is 3.48. The molecule has 2 atom stereocenters. The lowest BCUT2D eigenvalue weighted by Gasteiger charge is -2.36. The number of carbonyl (C=O) groups excluding carboxylic acids is 2. The van der Waals surface area contributed by atoms with Crippen LogP contribution in [0.2, 0.25) is 0 Å². The van der Waals surface area contributed by atoms with Crippen molar-refractivity contribution in [3.05, 3.63) is 24.3 Å². The fraction of sp³-hybridized carbons (Fsp3) is 0.500. The molecule has 2 unspecified atom stereocenters. The third-order valence-electron chi connectivity index (χ3n) is 4.22. The van der Waals surface area contributed by atoms with Crippen molar-refractivity contribution in [1.29, 1.82) is 0 Å². The first kappa shape index (κ1) is 8.89. The van der Waals surface area contributed by atoms with Crippen LogP contribution in [0.1, 0.15) is 25.7 Å². The van der Waals surface area contributed by atoms with Crippen LogP contribution in [0.25, 0.3) is 0 Å². The van der Waals surface area contributed by atoms with E-state index in [0.717, 1.165) is 5.57 Å². The van der Waals surface area contributed by atoms with E-state index >= 15 is 0 Å². The van der Waals surface area contributed by atoms with E-state index in [0.29, 0.717) is 25.7 Å². The Morgan fingerprint density at radius 3 is 2.00 bits per heavy atom. The Bertz CT molecular complexity index is 387. The zero-order valence-corrected chi connectivity index (χ0v) is 8.51. The van der Waals surface area contributed by atoms with Crippen LogP contribution in [0.5, 0.6) is 0 Å². The van der Waals surface area contributed by atoms with Crippen LogP contribution in [0.3, 0.4) is 0 Å². The van der Waals surface area contributed by atoms with Crippen LogP contribution in [-0.2, 0) is 9.59 Å². The second kappa shape index (κ2) is 2.40. The van der Waals surface area contributed by atoms with Gasteiger partial charge in [-0.1, -0.05) is 24.3 Å². The molecule has 0 aromatic rings. The normalized spacial score (nSPS) is 42.8. The van der Waals surface area contributed by atoms with Crippen LogP contribution in [0, 0.1) is 10.8 Å². The lowest BCUT2D eigenvalue weighted by atomic mass is 9.61. The van der Waals surface area contributed by atoms with E-state index < -0.39 is 10.8 Å². The summed E-state index contributed by atoms with van der Waals surface area (Å²) < 4.78 is 0. The smallest absolute Gasteiger partial charge is 0.234 e. The molecular formula is C12H13NO2. The predicted octanol–water partition coefficient (Wildman–Crippen LogP) is 1.32. The standard InChI is InChI=1S/C12H13NO2/c1-8-6-11-4-2-3-5-12(11,7-8)10(15)13-9(11)14/h2-3H,1,4-7H2,(H,13,14,15). The van der Waals surface area contributed by atoms with E-state index in [-0.39, 0.29) is 11.8 Å². The number of rotatable bonds is 0. The maximum Gasteiger partial charge on any atom is 0.234 e. The summed E-state index contributed by atoms with van der Waals surface area (Å²) in [6, 6.07) is 0. The Kier molecular flexibility index (Phi) is 1.43. The van der Waals surface area contributed by atoms with Gasteiger partial charge in [-0.25, -0.2) is 0 Å². The molecule has 0 bridgehead atoms. The average Bonchev–Trinajstić information content (AvgIpc) is 2.60. The molecule has 3 aliphatic rings. The summed E-state index contributed by atoms with van der Waals surface area (Å²) in [4.78, 5) is 23.9. The summed E-state index contributed by atoms with van der Waals surface area (Å²) in [5.41, 5.74) is 0.0353. The topological polar surface area (TPSA) is 46.2 Å². The Balaban J connectivity index is 2.23. The van der Waals surface area contributed by atoms with Gasteiger partial charge in [0.1, 0.15) is 0 Å². The highest BCUT2D eigenvalue weighted by atomic mass is 16.2. The second-order valence-corrected chi connectivity index (χ2v) is 4.93. The molecule has 0 aromatic carbocycles. The molecule has 2 fully saturated rings. The third-order valence-corrected chi connectivity index (χ3v) is 4.22. The lowest BCUT2D eigenvalue weighted by molar-refractivity contribution is -0.132. The molecule has 1 aliphatic heterocycles. The van der Waals surface area contributed by atoms with Gasteiger partial charge in [-0.15, -0.1) is 0 Å². The molecule has 1 heterocycles. The first-order valence-corrected chi connectivity index (χ1v) is 5.28. The minimum atomic E-state index is -0.504. The minimum absolute atomic E-state index is 0.0875. The molecule has 3 rings (SSSR count). The van der Waals surface area contributed by atoms with Gasteiger partial charge in [0.25, 0.3) is 0 Å². The molecule has 2 aliphatic carbocycles. The van der Waals surface area contributed by atoms with Crippen molar-refractivity contribution in [1.82, 2.24) is 5.32 Å². The molecule has 15 heavy (non-hydrogen) atoms. The van der Waals surface area contributed by atoms with Gasteiger partial charge in [-0.2, -0.15) is 0 Å². The molecule has 0 aromatic heterocycles. The van der Waals surface area contributed by atoms with Crippen molar-refractivity contribution in [2.24, 2.45) is 10.8 Å². The van der Waals surface area contributed by atoms with Gasteiger partial charge in [0.15, 0.2) is 0 Å². The quantitative estimate of drug-likeness (QED) is 0.476. The van der Waals surface area contributed by atoms with Gasteiger partial charge in [-0.3, -0.25) is 14.9 Å². The number of nitrogens with one attached hydrogen (secondary N) is 1. The third kappa shape index (κ3) is 0.784. The van der Waals surface area contributed by atoms with Gasteiger partial charge < -0.3 is 0 Å². The van der Waals surface area contributed by atoms with E-state index in [1.165, 1.54) is 0 Å². The highest BCUT2D eigenvalue weighted by Gasteiger charge is 2.68. The van der Waals surface area contributed by atoms with Crippen LogP contribution in [0.4, 0.5) is 0 Å². The molecule has 1 saturated heterocycles. The van der Waals surface area contributed by atoms with Crippen LogP contribution in [0.15, 0.2) is 24.3 Å². The Hall–Kier alpha value is -1.38. The number of hydrogen-bond acceptors (Lipinski definition) is 2. The molecule has 3 nitrogen and oxygen atoms in total. The number of allylic oxidation sites excluding steroid dienone is 3. The highest BCUT2D eigenvalue weighted by Crippen LogP contribution is 2.63. The monoisotopic (exact) mass is 203 g/mol. The lowest BCUT2D eigenvalue weighted by Crippen LogP contribution is -2.41. The van der Waals surface area contributed by atoms with E-state index in [9.17, 15) is 9.59 Å². The summed E-state index contributed by atoms with van der Waals surface area (Å²) in [5, 5.41) is 2.50. The maximum absolute atomic E-state index is 12.0. The van der Waals surface area contributed by atoms with Gasteiger partial charge in [0.2, 0.25) is 11.8 Å². The van der Waals surface area contributed by atoms with Crippen LogP contribution >= 0.6 is 0 Å². The van der Waals surface area contributed by atoms with Crippen molar-refractivity contribution in [2.75, 3.05) is 0 Å². The first-order chi connectivity index (χ1) is 7.11. The van der Waals surface area contributed by atoms with Gasteiger partial charge in [-0.05, 0) is 25.7 Å². The average molecular weight is 203 g/mol. The van der Waals surface area contributed by atoms with Gasteiger partial charge in [0, 0.05) is 0 Å². The van der Waals surface area contributed by atoms with E-state index in [2.05, 4.69) is 11.9 Å². The van der Waals surface area contributed by atoms with Crippen LogP contribution < -0.4 is 5.32 Å². The Morgan fingerprint density at radius 2 is 1.53 bits per heavy atom. The first-order valence-electron chi connectivity index (χ1n) is 5.28. The van der Waals surface area contributed by atoms with E-state index in [4.69, 9.17) is 0 Å². The molecular weight excluding hydrogens is 190 g/mol. The molecule has 1 N–H and O–H groups in total. The SMILES string of the molecule is C=C1CC23CC=CCC2(C1)C(=O)NC3=O. The van der Waals surface area contributed by atoms with Crippen molar-refractivity contribution in [3.8, 4) is 0 Å². The molecule has 0 radical (unpaired) electrons. The number of imide groups is 1. The molecule has 3 heteroatoms. The van der Waals surface area contributed by atoms with E-state index in [1.807, 2.05) is 12.2 Å². The second-order valence-electron chi connectivity index (χ2n) is 4.93. The minimum Gasteiger partial charge on any atom is -0.295 e. The van der Waals surface area contributed by atoms with E-state index in [1.54, 1.807) is 0 Å². The zero-order chi connectivity index (χ0) is 10.7. The summed E-state index contributed by atoms with van der Waals surface area (Å²) in [6.45, 7) is 3.96. The van der Waals surface area contributed by atoms with Gasteiger partial charge in [0.05, 0.1) is 10.8 Å². The summed E-state index contributed by atoms with van der Waals surface area (Å²) >= 11 is 0. The molecule has 2 amide bonds. The predicted molar refractivity (Wildman–Crippen MR) is 54.8 cm³/mol. The van der Waals surface area contributed by atoms with Crippen molar-refractivity contribution >= 4 is 11.8 Å².